The number of methoxy groups -OCH3 is 1. The van der Waals surface area contributed by atoms with Gasteiger partial charge in [0, 0.05) is 13.0 Å². The predicted octanol–water partition coefficient (Wildman–Crippen LogP) is 7.51. The van der Waals surface area contributed by atoms with Crippen LogP contribution in [0.5, 0.6) is 5.75 Å². The average molecular weight is 669 g/mol. The molecule has 1 aromatic carbocycles. The van der Waals surface area contributed by atoms with Crippen molar-refractivity contribution in [3.05, 3.63) is 29.8 Å². The van der Waals surface area contributed by atoms with E-state index in [2.05, 4.69) is 10.1 Å². The first-order valence-electron chi connectivity index (χ1n) is 11.3. The van der Waals surface area contributed by atoms with Gasteiger partial charge in [-0.3, -0.25) is 4.79 Å². The largest absolute Gasteiger partial charge is 0.497 e. The normalized spacial score (nSPS) is 15.3. The summed E-state index contributed by atoms with van der Waals surface area (Å²) < 4.78 is 235. The van der Waals surface area contributed by atoms with E-state index in [4.69, 9.17) is 4.74 Å². The van der Waals surface area contributed by atoms with Crippen LogP contribution in [0.25, 0.3) is 0 Å². The van der Waals surface area contributed by atoms with Crippen molar-refractivity contribution < 1.29 is 88.9 Å². The maximum atomic E-state index is 13.9. The zero-order chi connectivity index (χ0) is 34.1. The molecule has 0 spiro atoms. The van der Waals surface area contributed by atoms with Gasteiger partial charge in [-0.25, -0.2) is 0 Å². The maximum absolute atomic E-state index is 13.9. The third-order valence-electron chi connectivity index (χ3n) is 5.79. The van der Waals surface area contributed by atoms with Crippen molar-refractivity contribution in [1.29, 1.82) is 0 Å². The molecule has 0 aromatic heterocycles. The van der Waals surface area contributed by atoms with Gasteiger partial charge >= 0.3 is 53.6 Å². The van der Waals surface area contributed by atoms with E-state index in [1.54, 1.807) is 24.3 Å². The molecule has 0 aliphatic rings. The summed E-state index contributed by atoms with van der Waals surface area (Å²) in [5.74, 6) is -57.4. The summed E-state index contributed by atoms with van der Waals surface area (Å²) in [6, 6.07) is 4.99. The van der Waals surface area contributed by atoms with Crippen molar-refractivity contribution >= 4 is 5.97 Å². The van der Waals surface area contributed by atoms with E-state index < -0.39 is 79.1 Å². The monoisotopic (exact) mass is 669 g/mol. The number of hydrogen-bond donors (Lipinski definition) is 1. The van der Waals surface area contributed by atoms with Gasteiger partial charge in [0.1, 0.15) is 11.8 Å². The van der Waals surface area contributed by atoms with Gasteiger partial charge in [-0.1, -0.05) is 12.1 Å². The fourth-order valence-corrected chi connectivity index (χ4v) is 3.04. The molecule has 250 valence electrons. The molecular formula is C22H20F17NO3. The lowest BCUT2D eigenvalue weighted by Gasteiger charge is -2.42. The molecule has 0 aliphatic carbocycles. The number of hydrogen-bond acceptors (Lipinski definition) is 4. The highest BCUT2D eigenvalue weighted by Gasteiger charge is 2.95. The van der Waals surface area contributed by atoms with Crippen molar-refractivity contribution in [1.82, 2.24) is 5.32 Å². The Labute approximate surface area is 230 Å². The van der Waals surface area contributed by atoms with Crippen LogP contribution in [0.4, 0.5) is 74.6 Å². The zero-order valence-electron chi connectivity index (χ0n) is 21.4. The number of esters is 1. The molecule has 1 rings (SSSR count). The first kappa shape index (κ1) is 38.3. The topological polar surface area (TPSA) is 47.6 Å². The second-order valence-electron chi connectivity index (χ2n) is 8.87. The molecule has 0 fully saturated rings. The Morgan fingerprint density at radius 1 is 0.698 bits per heavy atom. The van der Waals surface area contributed by atoms with Crippen LogP contribution in [0.3, 0.4) is 0 Å². The summed E-state index contributed by atoms with van der Waals surface area (Å²) in [6.07, 6.45) is -12.1. The molecule has 0 unspecified atom stereocenters. The van der Waals surface area contributed by atoms with E-state index in [-0.39, 0.29) is 6.54 Å². The van der Waals surface area contributed by atoms with Crippen molar-refractivity contribution in [2.24, 2.45) is 0 Å². The van der Waals surface area contributed by atoms with Crippen LogP contribution in [0.15, 0.2) is 24.3 Å². The Kier molecular flexibility index (Phi) is 11.0. The number of carbonyl (C=O) groups excluding carboxylic acids is 1. The molecule has 21 heteroatoms. The van der Waals surface area contributed by atoms with Gasteiger partial charge < -0.3 is 14.8 Å². The Hall–Kier alpha value is -2.74. The summed E-state index contributed by atoms with van der Waals surface area (Å²) in [5, 5.41) is 2.58. The number of ether oxygens (including phenoxy) is 2. The van der Waals surface area contributed by atoms with Gasteiger partial charge in [-0.15, -0.1) is 0 Å². The highest BCUT2D eigenvalue weighted by atomic mass is 19.4. The molecular weight excluding hydrogens is 649 g/mol. The first-order chi connectivity index (χ1) is 19.1. The van der Waals surface area contributed by atoms with Crippen LogP contribution in [0, 0.1) is 0 Å². The Balaban J connectivity index is 2.96. The second-order valence-corrected chi connectivity index (χ2v) is 8.87. The number of carbonyl (C=O) groups is 1. The summed E-state index contributed by atoms with van der Waals surface area (Å²) in [6.45, 7) is -0.130. The highest BCUT2D eigenvalue weighted by Crippen LogP contribution is 2.64. The smallest absolute Gasteiger partial charge is 0.460 e. The number of alkyl halides is 17. The summed E-state index contributed by atoms with van der Waals surface area (Å²) in [5.41, 5.74) is 0.588. The lowest BCUT2D eigenvalue weighted by atomic mass is 9.88. The first-order valence-corrected chi connectivity index (χ1v) is 11.3. The molecule has 43 heavy (non-hydrogen) atoms. The highest BCUT2D eigenvalue weighted by molar-refractivity contribution is 5.75. The molecule has 1 N–H and O–H groups in total. The van der Waals surface area contributed by atoms with Crippen LogP contribution >= 0.6 is 0 Å². The molecule has 4 nitrogen and oxygen atoms in total. The Morgan fingerprint density at radius 2 is 1.12 bits per heavy atom. The Bertz CT molecular complexity index is 1090. The number of rotatable bonds is 15. The standard InChI is InChI=1S/C22H20F17NO3/c1-11(40-10-12-4-6-13(42-2)7-5-12)14(41)43-9-3-8-15(23,24)16(25,26)17(27,28)18(29,30)19(31,32)20(33,34)21(35,36)22(37,38)39/h4-7,11,40H,3,8-10H2,1-2H3/t11-/m1/s1. The summed E-state index contributed by atoms with van der Waals surface area (Å²) >= 11 is 0. The number of benzene rings is 1. The van der Waals surface area contributed by atoms with E-state index in [0.29, 0.717) is 11.3 Å². The molecule has 0 radical (unpaired) electrons. The zero-order valence-corrected chi connectivity index (χ0v) is 21.4. The Morgan fingerprint density at radius 3 is 1.53 bits per heavy atom. The lowest BCUT2D eigenvalue weighted by Crippen LogP contribution is -2.74. The van der Waals surface area contributed by atoms with Crippen molar-refractivity contribution in [2.75, 3.05) is 13.7 Å². The van der Waals surface area contributed by atoms with Crippen molar-refractivity contribution in [2.45, 2.75) is 80.0 Å². The lowest BCUT2D eigenvalue weighted by molar-refractivity contribution is -0.461. The SMILES string of the molecule is COc1ccc(CN[C@H](C)C(=O)OCCCC(F)(F)C(F)(F)C(F)(F)C(F)(F)C(F)(F)C(F)(F)C(F)(F)C(F)(F)F)cc1. The second kappa shape index (κ2) is 12.3. The van der Waals surface area contributed by atoms with Crippen LogP contribution in [0.2, 0.25) is 0 Å². The van der Waals surface area contributed by atoms with Crippen molar-refractivity contribution in [3.8, 4) is 5.75 Å². The van der Waals surface area contributed by atoms with E-state index in [0.717, 1.165) is 6.92 Å². The van der Waals surface area contributed by atoms with Gasteiger partial charge in [0.25, 0.3) is 0 Å². The minimum atomic E-state index is -8.67. The van der Waals surface area contributed by atoms with E-state index in [9.17, 15) is 79.4 Å². The number of halogens is 17. The molecule has 0 amide bonds. The van der Waals surface area contributed by atoms with Crippen LogP contribution < -0.4 is 10.1 Å². The van der Waals surface area contributed by atoms with Gasteiger partial charge in [0.05, 0.1) is 13.7 Å². The minimum Gasteiger partial charge on any atom is -0.497 e. The molecule has 0 saturated carbocycles. The van der Waals surface area contributed by atoms with E-state index >= 15 is 0 Å². The predicted molar refractivity (Wildman–Crippen MR) is 110 cm³/mol. The molecule has 0 saturated heterocycles. The summed E-state index contributed by atoms with van der Waals surface area (Å²) in [4.78, 5) is 11.9. The summed E-state index contributed by atoms with van der Waals surface area (Å²) in [7, 11) is 1.38. The molecule has 0 heterocycles. The minimum absolute atomic E-state index is 0.00638. The third-order valence-corrected chi connectivity index (χ3v) is 5.79. The van der Waals surface area contributed by atoms with Gasteiger partial charge in [-0.2, -0.15) is 74.6 Å². The van der Waals surface area contributed by atoms with Crippen LogP contribution in [-0.4, -0.2) is 73.4 Å². The average Bonchev–Trinajstić information content (AvgIpc) is 2.88. The van der Waals surface area contributed by atoms with E-state index in [1.807, 2.05) is 0 Å². The van der Waals surface area contributed by atoms with Gasteiger partial charge in [0.15, 0.2) is 0 Å². The fourth-order valence-electron chi connectivity index (χ4n) is 3.04. The van der Waals surface area contributed by atoms with Gasteiger partial charge in [0.2, 0.25) is 0 Å². The quantitative estimate of drug-likeness (QED) is 0.119. The maximum Gasteiger partial charge on any atom is 0.460 e. The molecule has 1 atom stereocenters. The van der Waals surface area contributed by atoms with Crippen LogP contribution in [0.1, 0.15) is 25.3 Å². The molecule has 0 bridgehead atoms. The molecule has 0 aliphatic heterocycles. The van der Waals surface area contributed by atoms with Gasteiger partial charge in [-0.05, 0) is 31.0 Å². The van der Waals surface area contributed by atoms with Crippen LogP contribution in [-0.2, 0) is 16.1 Å². The molecule has 1 aromatic rings. The van der Waals surface area contributed by atoms with Crippen molar-refractivity contribution in [3.63, 3.8) is 0 Å². The fraction of sp³-hybridized carbons (Fsp3) is 0.682. The third kappa shape index (κ3) is 6.84. The number of nitrogens with one attached hydrogen (secondary N) is 1. The van der Waals surface area contributed by atoms with E-state index in [1.165, 1.54) is 7.11 Å².